The van der Waals surface area contributed by atoms with Crippen molar-refractivity contribution in [1.82, 2.24) is 9.47 Å². The zero-order chi connectivity index (χ0) is 14.0. The first kappa shape index (κ1) is 13.7. The number of terminal acetylenes is 1. The first-order chi connectivity index (χ1) is 9.00. The maximum absolute atomic E-state index is 5.80. The molecule has 0 fully saturated rings. The van der Waals surface area contributed by atoms with Gasteiger partial charge in [-0.3, -0.25) is 0 Å². The van der Waals surface area contributed by atoms with E-state index in [4.69, 9.17) is 6.42 Å². The Kier molecular flexibility index (Phi) is 3.68. The summed E-state index contributed by atoms with van der Waals surface area (Å²) in [7, 11) is 4.10. The van der Waals surface area contributed by atoms with Gasteiger partial charge in [0.25, 0.3) is 0 Å². The van der Waals surface area contributed by atoms with Crippen LogP contribution < -0.4 is 0 Å². The number of benzene rings is 1. The van der Waals surface area contributed by atoms with E-state index in [9.17, 15) is 0 Å². The van der Waals surface area contributed by atoms with Crippen molar-refractivity contribution in [2.45, 2.75) is 25.8 Å². The van der Waals surface area contributed by atoms with Gasteiger partial charge in [0.15, 0.2) is 0 Å². The number of rotatable bonds is 4. The van der Waals surface area contributed by atoms with E-state index in [1.807, 2.05) is 0 Å². The van der Waals surface area contributed by atoms with Gasteiger partial charge in [-0.05, 0) is 56.6 Å². The predicted molar refractivity (Wildman–Crippen MR) is 82.4 cm³/mol. The largest absolute Gasteiger partial charge is 0.329 e. The predicted octanol–water partition coefficient (Wildman–Crippen LogP) is 3.11. The molecule has 0 bridgehead atoms. The number of fused-ring (bicyclic) bond motifs is 1. The maximum Gasteiger partial charge on any atom is 0.115 e. The van der Waals surface area contributed by atoms with Crippen LogP contribution in [-0.4, -0.2) is 30.1 Å². The van der Waals surface area contributed by atoms with Gasteiger partial charge in [-0.1, -0.05) is 18.9 Å². The first-order valence-corrected chi connectivity index (χ1v) is 6.73. The van der Waals surface area contributed by atoms with Crippen molar-refractivity contribution < 1.29 is 0 Å². The highest BCUT2D eigenvalue weighted by atomic mass is 15.1. The highest BCUT2D eigenvalue weighted by molar-refractivity contribution is 5.81. The minimum atomic E-state index is -0.320. The van der Waals surface area contributed by atoms with Crippen molar-refractivity contribution in [3.63, 3.8) is 0 Å². The average molecular weight is 254 g/mol. The standard InChI is InChI=1S/C17H22N2/c1-6-14-8-9-16-15(12-14)10-11-19(16)17(3,7-2)13-18(4)5/h2,8-12H,6,13H2,1,3-5H3. The van der Waals surface area contributed by atoms with Crippen molar-refractivity contribution in [2.75, 3.05) is 20.6 Å². The summed E-state index contributed by atoms with van der Waals surface area (Å²) >= 11 is 0. The number of hydrogen-bond acceptors (Lipinski definition) is 1. The summed E-state index contributed by atoms with van der Waals surface area (Å²) in [6, 6.07) is 8.77. The lowest BCUT2D eigenvalue weighted by atomic mass is 10.0. The Morgan fingerprint density at radius 1 is 1.32 bits per heavy atom. The van der Waals surface area contributed by atoms with Crippen LogP contribution in [0.1, 0.15) is 19.4 Å². The molecule has 1 atom stereocenters. The summed E-state index contributed by atoms with van der Waals surface area (Å²) in [5, 5.41) is 1.26. The molecule has 0 N–H and O–H groups in total. The molecular weight excluding hydrogens is 232 g/mol. The number of likely N-dealkylation sites (N-methyl/N-ethyl adjacent to an activating group) is 1. The van der Waals surface area contributed by atoms with Crippen LogP contribution in [0, 0.1) is 12.3 Å². The van der Waals surface area contributed by atoms with Crippen LogP contribution in [0.3, 0.4) is 0 Å². The second-order valence-electron chi connectivity index (χ2n) is 5.59. The van der Waals surface area contributed by atoms with Gasteiger partial charge in [-0.25, -0.2) is 0 Å². The molecule has 0 spiro atoms. The van der Waals surface area contributed by atoms with Crippen molar-refractivity contribution in [2.24, 2.45) is 0 Å². The zero-order valence-corrected chi connectivity index (χ0v) is 12.3. The third kappa shape index (κ3) is 2.52. The van der Waals surface area contributed by atoms with Crippen molar-refractivity contribution >= 4 is 10.9 Å². The van der Waals surface area contributed by atoms with Crippen LogP contribution in [0.5, 0.6) is 0 Å². The molecule has 1 unspecified atom stereocenters. The van der Waals surface area contributed by atoms with Crippen LogP contribution in [0.25, 0.3) is 10.9 Å². The molecule has 100 valence electrons. The Morgan fingerprint density at radius 2 is 2.05 bits per heavy atom. The number of hydrogen-bond donors (Lipinski definition) is 0. The Balaban J connectivity index is 2.53. The molecule has 0 aliphatic rings. The van der Waals surface area contributed by atoms with E-state index in [1.165, 1.54) is 16.5 Å². The molecule has 0 radical (unpaired) electrons. The average Bonchev–Trinajstić information content (AvgIpc) is 2.81. The number of aromatic nitrogens is 1. The normalized spacial score (nSPS) is 14.5. The van der Waals surface area contributed by atoms with Crippen LogP contribution in [0.2, 0.25) is 0 Å². The summed E-state index contributed by atoms with van der Waals surface area (Å²) in [5.41, 5.74) is 2.25. The molecule has 2 nitrogen and oxygen atoms in total. The quantitative estimate of drug-likeness (QED) is 0.761. The Hall–Kier alpha value is -1.72. The van der Waals surface area contributed by atoms with Crippen LogP contribution in [0.15, 0.2) is 30.5 Å². The highest BCUT2D eigenvalue weighted by Crippen LogP contribution is 2.25. The Bertz CT molecular complexity index is 616. The van der Waals surface area contributed by atoms with Gasteiger partial charge in [0, 0.05) is 18.3 Å². The number of aryl methyl sites for hydroxylation is 1. The SMILES string of the molecule is C#CC(C)(CN(C)C)n1ccc2cc(CC)ccc21. The molecule has 2 heteroatoms. The minimum Gasteiger partial charge on any atom is -0.329 e. The lowest BCUT2D eigenvalue weighted by Crippen LogP contribution is -2.38. The molecule has 0 saturated carbocycles. The molecule has 0 aliphatic carbocycles. The fraction of sp³-hybridized carbons (Fsp3) is 0.412. The van der Waals surface area contributed by atoms with Gasteiger partial charge in [0.05, 0.1) is 0 Å². The van der Waals surface area contributed by atoms with E-state index in [0.717, 1.165) is 13.0 Å². The van der Waals surface area contributed by atoms with Gasteiger partial charge in [-0.15, -0.1) is 6.42 Å². The van der Waals surface area contributed by atoms with Crippen LogP contribution in [-0.2, 0) is 12.0 Å². The summed E-state index contributed by atoms with van der Waals surface area (Å²) in [5.74, 6) is 2.95. The second kappa shape index (κ2) is 5.11. The van der Waals surface area contributed by atoms with Crippen molar-refractivity contribution in [3.05, 3.63) is 36.0 Å². The van der Waals surface area contributed by atoms with E-state index in [0.29, 0.717) is 0 Å². The molecule has 2 aromatic rings. The Labute approximate surface area is 116 Å². The highest BCUT2D eigenvalue weighted by Gasteiger charge is 2.25. The molecule has 1 aromatic carbocycles. The van der Waals surface area contributed by atoms with Gasteiger partial charge in [0.1, 0.15) is 5.54 Å². The van der Waals surface area contributed by atoms with Gasteiger partial charge >= 0.3 is 0 Å². The molecule has 0 aliphatic heterocycles. The summed E-state index contributed by atoms with van der Waals surface area (Å²) in [4.78, 5) is 2.13. The molecule has 1 aromatic heterocycles. The molecule has 1 heterocycles. The smallest absolute Gasteiger partial charge is 0.115 e. The van der Waals surface area contributed by atoms with E-state index < -0.39 is 0 Å². The van der Waals surface area contributed by atoms with Crippen LogP contribution in [0.4, 0.5) is 0 Å². The molecular formula is C17H22N2. The second-order valence-corrected chi connectivity index (χ2v) is 5.59. The molecule has 0 saturated heterocycles. The van der Waals surface area contributed by atoms with E-state index >= 15 is 0 Å². The minimum absolute atomic E-state index is 0.320. The monoisotopic (exact) mass is 254 g/mol. The summed E-state index contributed by atoms with van der Waals surface area (Å²) in [6.45, 7) is 5.11. The van der Waals surface area contributed by atoms with Gasteiger partial charge < -0.3 is 9.47 Å². The van der Waals surface area contributed by atoms with E-state index in [2.05, 4.69) is 73.8 Å². The molecule has 0 amide bonds. The van der Waals surface area contributed by atoms with Gasteiger partial charge in [-0.2, -0.15) is 0 Å². The van der Waals surface area contributed by atoms with Crippen molar-refractivity contribution in [1.29, 1.82) is 0 Å². The van der Waals surface area contributed by atoms with E-state index in [1.54, 1.807) is 0 Å². The van der Waals surface area contributed by atoms with Crippen LogP contribution >= 0.6 is 0 Å². The summed E-state index contributed by atoms with van der Waals surface area (Å²) < 4.78 is 2.21. The third-order valence-electron chi connectivity index (χ3n) is 3.63. The van der Waals surface area contributed by atoms with Gasteiger partial charge in [0.2, 0.25) is 0 Å². The lowest BCUT2D eigenvalue weighted by molar-refractivity contribution is 0.286. The maximum atomic E-state index is 5.80. The van der Waals surface area contributed by atoms with Crippen molar-refractivity contribution in [3.8, 4) is 12.3 Å². The Morgan fingerprint density at radius 3 is 2.63 bits per heavy atom. The fourth-order valence-corrected chi connectivity index (χ4v) is 2.65. The number of nitrogens with zero attached hydrogens (tertiary/aromatic N) is 2. The first-order valence-electron chi connectivity index (χ1n) is 6.73. The van der Waals surface area contributed by atoms with E-state index in [-0.39, 0.29) is 5.54 Å². The topological polar surface area (TPSA) is 8.17 Å². The summed E-state index contributed by atoms with van der Waals surface area (Å²) in [6.07, 6.45) is 8.96. The fourth-order valence-electron chi connectivity index (χ4n) is 2.65. The third-order valence-corrected chi connectivity index (χ3v) is 3.63. The lowest BCUT2D eigenvalue weighted by Gasteiger charge is -2.30. The molecule has 19 heavy (non-hydrogen) atoms. The molecule has 2 rings (SSSR count). The zero-order valence-electron chi connectivity index (χ0n) is 12.3.